The predicted octanol–water partition coefficient (Wildman–Crippen LogP) is 4.12. The summed E-state index contributed by atoms with van der Waals surface area (Å²) in [6.45, 7) is 3.89. The summed E-state index contributed by atoms with van der Waals surface area (Å²) in [7, 11) is 0. The molecule has 3 rings (SSSR count). The summed E-state index contributed by atoms with van der Waals surface area (Å²) in [4.78, 5) is 15.5. The second-order valence-electron chi connectivity index (χ2n) is 6.60. The van der Waals surface area contributed by atoms with Crippen LogP contribution < -0.4 is 0 Å². The molecule has 1 saturated carbocycles. The summed E-state index contributed by atoms with van der Waals surface area (Å²) in [6.07, 6.45) is 7.50. The number of hydrogen-bond donors (Lipinski definition) is 0. The van der Waals surface area contributed by atoms with E-state index in [1.54, 1.807) is 12.1 Å². The zero-order chi connectivity index (χ0) is 14.9. The van der Waals surface area contributed by atoms with Crippen LogP contribution in [0.1, 0.15) is 60.9 Å². The number of hydrogen-bond acceptors (Lipinski definition) is 2. The Kier molecular flexibility index (Phi) is 4.12. The summed E-state index contributed by atoms with van der Waals surface area (Å²) < 4.78 is 14.2. The number of nitrogens with zero attached hydrogens (tertiary/aromatic N) is 1. The fraction of sp³-hybridized carbons (Fsp3) is 0.611. The maximum absolute atomic E-state index is 14.2. The predicted molar refractivity (Wildman–Crippen MR) is 82.1 cm³/mol. The fourth-order valence-corrected chi connectivity index (χ4v) is 4.03. The van der Waals surface area contributed by atoms with Crippen molar-refractivity contribution in [2.45, 2.75) is 57.4 Å². The third-order valence-corrected chi connectivity index (χ3v) is 5.18. The maximum atomic E-state index is 14.2. The van der Waals surface area contributed by atoms with E-state index in [0.717, 1.165) is 57.2 Å². The molecule has 2 fully saturated rings. The lowest BCUT2D eigenvalue weighted by molar-refractivity contribution is 0.0473. The van der Waals surface area contributed by atoms with Gasteiger partial charge in [0, 0.05) is 0 Å². The number of carbonyl (C=O) groups is 1. The molecule has 2 aliphatic rings. The molecule has 0 spiro atoms. The van der Waals surface area contributed by atoms with Crippen LogP contribution in [0.4, 0.5) is 4.39 Å². The van der Waals surface area contributed by atoms with Crippen molar-refractivity contribution in [3.63, 3.8) is 0 Å². The lowest BCUT2D eigenvalue weighted by Gasteiger charge is -2.42. The van der Waals surface area contributed by atoms with Crippen molar-refractivity contribution >= 4 is 5.78 Å². The van der Waals surface area contributed by atoms with E-state index in [4.69, 9.17) is 0 Å². The molecule has 0 N–H and O–H groups in total. The van der Waals surface area contributed by atoms with E-state index < -0.39 is 5.54 Å². The Morgan fingerprint density at radius 1 is 1.10 bits per heavy atom. The van der Waals surface area contributed by atoms with Crippen LogP contribution in [0.5, 0.6) is 0 Å². The summed E-state index contributed by atoms with van der Waals surface area (Å²) in [5.74, 6) is -0.350. The first-order valence-electron chi connectivity index (χ1n) is 8.19. The Hall–Kier alpha value is -1.22. The van der Waals surface area contributed by atoms with Crippen molar-refractivity contribution < 1.29 is 9.18 Å². The first-order chi connectivity index (χ1) is 10.1. The SMILES string of the molecule is Cc1ccc(F)c(C(=O)C2(N3CCCCC3)CCCC2)c1. The Morgan fingerprint density at radius 2 is 1.76 bits per heavy atom. The van der Waals surface area contributed by atoms with Crippen LogP contribution in [0.25, 0.3) is 0 Å². The van der Waals surface area contributed by atoms with Gasteiger partial charge >= 0.3 is 0 Å². The van der Waals surface area contributed by atoms with E-state index in [-0.39, 0.29) is 11.6 Å². The van der Waals surface area contributed by atoms with Crippen molar-refractivity contribution in [2.75, 3.05) is 13.1 Å². The van der Waals surface area contributed by atoms with Crippen LogP contribution in [0.2, 0.25) is 0 Å². The van der Waals surface area contributed by atoms with Crippen LogP contribution in [-0.2, 0) is 0 Å². The zero-order valence-corrected chi connectivity index (χ0v) is 12.8. The van der Waals surface area contributed by atoms with Crippen LogP contribution in [0.3, 0.4) is 0 Å². The van der Waals surface area contributed by atoms with Gasteiger partial charge in [-0.25, -0.2) is 4.39 Å². The van der Waals surface area contributed by atoms with Crippen LogP contribution in [-0.4, -0.2) is 29.3 Å². The second-order valence-corrected chi connectivity index (χ2v) is 6.60. The molecule has 0 aromatic heterocycles. The average molecular weight is 289 g/mol. The van der Waals surface area contributed by atoms with Crippen molar-refractivity contribution in [2.24, 2.45) is 0 Å². The number of ketones is 1. The Labute approximate surface area is 126 Å². The molecule has 0 atom stereocenters. The number of benzene rings is 1. The van der Waals surface area contributed by atoms with Crippen LogP contribution >= 0.6 is 0 Å². The van der Waals surface area contributed by atoms with E-state index in [1.807, 2.05) is 6.92 Å². The molecule has 0 unspecified atom stereocenters. The smallest absolute Gasteiger partial charge is 0.186 e. The summed E-state index contributed by atoms with van der Waals surface area (Å²) in [5, 5.41) is 0. The van der Waals surface area contributed by atoms with Gasteiger partial charge in [-0.05, 0) is 57.8 Å². The number of likely N-dealkylation sites (tertiary alicyclic amines) is 1. The lowest BCUT2D eigenvalue weighted by Crippen LogP contribution is -2.54. The molecule has 1 saturated heterocycles. The normalized spacial score (nSPS) is 22.4. The van der Waals surface area contributed by atoms with Crippen molar-refractivity contribution in [3.05, 3.63) is 35.1 Å². The average Bonchev–Trinajstić information content (AvgIpc) is 3.01. The van der Waals surface area contributed by atoms with Crippen molar-refractivity contribution in [1.82, 2.24) is 4.90 Å². The van der Waals surface area contributed by atoms with E-state index >= 15 is 0 Å². The van der Waals surface area contributed by atoms with Gasteiger partial charge in [0.05, 0.1) is 11.1 Å². The molecular weight excluding hydrogens is 265 g/mol. The van der Waals surface area contributed by atoms with Gasteiger partial charge in [0.15, 0.2) is 5.78 Å². The number of rotatable bonds is 3. The molecule has 114 valence electrons. The monoisotopic (exact) mass is 289 g/mol. The van der Waals surface area contributed by atoms with Crippen molar-refractivity contribution in [1.29, 1.82) is 0 Å². The van der Waals surface area contributed by atoms with Gasteiger partial charge in [0.1, 0.15) is 5.82 Å². The number of carbonyl (C=O) groups excluding carboxylic acids is 1. The molecule has 1 aromatic carbocycles. The molecule has 1 aliphatic heterocycles. The maximum Gasteiger partial charge on any atom is 0.186 e. The molecule has 3 heteroatoms. The van der Waals surface area contributed by atoms with Gasteiger partial charge in [-0.1, -0.05) is 30.9 Å². The summed E-state index contributed by atoms with van der Waals surface area (Å²) in [6, 6.07) is 4.89. The second kappa shape index (κ2) is 5.88. The Bertz CT molecular complexity index is 528. The van der Waals surface area contributed by atoms with E-state index in [2.05, 4.69) is 4.90 Å². The highest BCUT2D eigenvalue weighted by Gasteiger charge is 2.46. The van der Waals surface area contributed by atoms with Gasteiger partial charge in [-0.15, -0.1) is 0 Å². The van der Waals surface area contributed by atoms with Crippen LogP contribution in [0, 0.1) is 12.7 Å². The lowest BCUT2D eigenvalue weighted by atomic mass is 9.83. The number of Topliss-reactive ketones (excluding diaryl/α,β-unsaturated/α-hetero) is 1. The number of piperidine rings is 1. The minimum Gasteiger partial charge on any atom is -0.292 e. The largest absolute Gasteiger partial charge is 0.292 e. The van der Waals surface area contributed by atoms with Gasteiger partial charge in [0.2, 0.25) is 0 Å². The molecule has 1 heterocycles. The van der Waals surface area contributed by atoms with Crippen LogP contribution in [0.15, 0.2) is 18.2 Å². The minimum atomic E-state index is -0.435. The van der Waals surface area contributed by atoms with E-state index in [1.165, 1.54) is 12.5 Å². The highest BCUT2D eigenvalue weighted by atomic mass is 19.1. The quantitative estimate of drug-likeness (QED) is 0.780. The van der Waals surface area contributed by atoms with Gasteiger partial charge in [0.25, 0.3) is 0 Å². The third-order valence-electron chi connectivity index (χ3n) is 5.18. The highest BCUT2D eigenvalue weighted by Crippen LogP contribution is 2.40. The zero-order valence-electron chi connectivity index (χ0n) is 12.8. The summed E-state index contributed by atoms with van der Waals surface area (Å²) in [5.41, 5.74) is 0.809. The molecule has 2 nitrogen and oxygen atoms in total. The van der Waals surface area contributed by atoms with Gasteiger partial charge < -0.3 is 0 Å². The standard InChI is InChI=1S/C18H24FNO/c1-14-7-8-16(19)15(13-14)17(21)18(9-3-4-10-18)20-11-5-2-6-12-20/h7-8,13H,2-6,9-12H2,1H3. The number of halogens is 1. The first-order valence-corrected chi connectivity index (χ1v) is 8.19. The van der Waals surface area contributed by atoms with E-state index in [0.29, 0.717) is 5.56 Å². The van der Waals surface area contributed by atoms with E-state index in [9.17, 15) is 9.18 Å². The first kappa shape index (κ1) is 14.7. The molecule has 1 aliphatic carbocycles. The molecular formula is C18H24FNO. The molecule has 21 heavy (non-hydrogen) atoms. The molecule has 0 amide bonds. The van der Waals surface area contributed by atoms with Gasteiger partial charge in [-0.2, -0.15) is 0 Å². The van der Waals surface area contributed by atoms with Gasteiger partial charge in [-0.3, -0.25) is 9.69 Å². The molecule has 0 bridgehead atoms. The molecule has 1 aromatic rings. The van der Waals surface area contributed by atoms with Crippen molar-refractivity contribution in [3.8, 4) is 0 Å². The summed E-state index contributed by atoms with van der Waals surface area (Å²) >= 11 is 0. The Balaban J connectivity index is 1.96. The highest BCUT2D eigenvalue weighted by molar-refractivity contribution is 6.03. The topological polar surface area (TPSA) is 20.3 Å². The Morgan fingerprint density at radius 3 is 2.43 bits per heavy atom. The number of aryl methyl sites for hydroxylation is 1. The fourth-order valence-electron chi connectivity index (χ4n) is 4.03. The minimum absolute atomic E-state index is 0.0168. The molecule has 0 radical (unpaired) electrons. The third kappa shape index (κ3) is 2.64.